The Morgan fingerprint density at radius 2 is 0.500 bits per heavy atom. The maximum atomic E-state index is 2.45. The van der Waals surface area contributed by atoms with Gasteiger partial charge in [0.15, 0.2) is 0 Å². The van der Waals surface area contributed by atoms with Crippen LogP contribution in [0.1, 0.15) is 0 Å². The highest BCUT2D eigenvalue weighted by atomic mass is 15.0. The highest BCUT2D eigenvalue weighted by molar-refractivity contribution is 6.96. The van der Waals surface area contributed by atoms with Crippen LogP contribution >= 0.6 is 0 Å². The Balaban J connectivity index is 1.06. The van der Waals surface area contributed by atoms with Crippen molar-refractivity contribution < 1.29 is 0 Å². The van der Waals surface area contributed by atoms with Crippen molar-refractivity contribution in [1.29, 1.82) is 0 Å². The lowest BCUT2D eigenvalue weighted by molar-refractivity contribution is 1.17. The third kappa shape index (κ3) is 5.68. The summed E-state index contributed by atoms with van der Waals surface area (Å²) >= 11 is 0. The van der Waals surface area contributed by atoms with E-state index in [9.17, 15) is 0 Å². The SMILES string of the molecule is c1ccc(B(c2ccccc2)c2ccc(-n3c4ccccc4c4c5c6ccccc6n(-c6ccc(B(c7ccccc7)c7ccccc7)cc6)c5ccc43)cc2)cc1. The first-order valence-corrected chi connectivity index (χ1v) is 20.2. The minimum Gasteiger partial charge on any atom is -0.309 e. The number of nitrogens with zero attached hydrogens (tertiary/aromatic N) is 2. The number of benzene rings is 9. The zero-order valence-electron chi connectivity index (χ0n) is 32.0. The van der Waals surface area contributed by atoms with Crippen molar-refractivity contribution in [1.82, 2.24) is 9.13 Å². The molecule has 0 atom stereocenters. The summed E-state index contributed by atoms with van der Waals surface area (Å²) in [6.07, 6.45) is 0. The van der Waals surface area contributed by atoms with Crippen LogP contribution in [0.5, 0.6) is 0 Å². The molecule has 0 spiro atoms. The molecular weight excluding hydrogens is 698 g/mol. The molecular formula is C54H38B2N2. The van der Waals surface area contributed by atoms with Crippen LogP contribution in [-0.2, 0) is 0 Å². The number of aromatic nitrogens is 2. The Morgan fingerprint density at radius 3 is 0.828 bits per heavy atom. The Labute approximate surface area is 339 Å². The van der Waals surface area contributed by atoms with E-state index in [0.717, 1.165) is 11.4 Å². The summed E-state index contributed by atoms with van der Waals surface area (Å²) in [4.78, 5) is 0. The second kappa shape index (κ2) is 14.3. The molecule has 0 aliphatic heterocycles. The average Bonchev–Trinajstić information content (AvgIpc) is 3.82. The standard InChI is InChI=1S/C54H38B2N2/c1-5-17-39(18-6-1)55(40-19-7-2-8-20-40)43-29-33-45(34-30-43)57-49-27-15-13-25-47(49)53-51(57)37-38-52-54(53)48-26-14-16-28-50(48)58(52)46-35-31-44(32-36-46)56(41-21-9-3-10-22-41)42-23-11-4-12-24-42/h1-38H. The van der Waals surface area contributed by atoms with Gasteiger partial charge in [-0.1, -0.05) is 215 Å². The van der Waals surface area contributed by atoms with Gasteiger partial charge in [0.2, 0.25) is 13.4 Å². The molecule has 11 rings (SSSR count). The Hall–Kier alpha value is -7.29. The van der Waals surface area contributed by atoms with Crippen molar-refractivity contribution in [3.05, 3.63) is 231 Å². The topological polar surface area (TPSA) is 9.86 Å². The van der Waals surface area contributed by atoms with E-state index in [-0.39, 0.29) is 13.4 Å². The van der Waals surface area contributed by atoms with Crippen LogP contribution in [0.4, 0.5) is 0 Å². The lowest BCUT2D eigenvalue weighted by atomic mass is 9.37. The molecule has 2 nitrogen and oxygen atoms in total. The minimum atomic E-state index is 0.150. The Bertz CT molecular complexity index is 2890. The van der Waals surface area contributed by atoms with Crippen LogP contribution in [0, 0.1) is 0 Å². The lowest BCUT2D eigenvalue weighted by Gasteiger charge is -2.17. The average molecular weight is 737 g/mol. The summed E-state index contributed by atoms with van der Waals surface area (Å²) in [5, 5.41) is 5.07. The Kier molecular flexibility index (Phi) is 8.40. The summed E-state index contributed by atoms with van der Waals surface area (Å²) in [5.74, 6) is 0. The van der Waals surface area contributed by atoms with Gasteiger partial charge in [0.1, 0.15) is 0 Å². The maximum absolute atomic E-state index is 2.45. The van der Waals surface area contributed by atoms with E-state index in [2.05, 4.69) is 240 Å². The fraction of sp³-hybridized carbons (Fsp3) is 0. The first-order valence-electron chi connectivity index (χ1n) is 20.2. The minimum absolute atomic E-state index is 0.150. The number of hydrogen-bond acceptors (Lipinski definition) is 0. The molecule has 270 valence electrons. The molecule has 0 N–H and O–H groups in total. The summed E-state index contributed by atoms with van der Waals surface area (Å²) in [7, 11) is 0. The van der Waals surface area contributed by atoms with Crippen molar-refractivity contribution in [3.63, 3.8) is 0 Å². The molecule has 0 unspecified atom stereocenters. The highest BCUT2D eigenvalue weighted by Gasteiger charge is 2.25. The van der Waals surface area contributed by atoms with Gasteiger partial charge in [0, 0.05) is 32.9 Å². The van der Waals surface area contributed by atoms with E-state index in [1.54, 1.807) is 0 Å². The fourth-order valence-electron chi connectivity index (χ4n) is 9.44. The van der Waals surface area contributed by atoms with Gasteiger partial charge in [-0.2, -0.15) is 0 Å². The van der Waals surface area contributed by atoms with Crippen LogP contribution in [-0.4, -0.2) is 22.6 Å². The molecule has 4 heteroatoms. The highest BCUT2D eigenvalue weighted by Crippen LogP contribution is 2.42. The third-order valence-corrected chi connectivity index (χ3v) is 12.0. The van der Waals surface area contributed by atoms with Gasteiger partial charge in [0.05, 0.1) is 22.1 Å². The molecule has 9 aromatic carbocycles. The van der Waals surface area contributed by atoms with Gasteiger partial charge in [-0.25, -0.2) is 0 Å². The van der Waals surface area contributed by atoms with Crippen LogP contribution < -0.4 is 32.8 Å². The van der Waals surface area contributed by atoms with Crippen LogP contribution in [0.3, 0.4) is 0 Å². The van der Waals surface area contributed by atoms with Gasteiger partial charge in [-0.05, 0) is 48.5 Å². The molecule has 0 radical (unpaired) electrons. The molecule has 0 aliphatic carbocycles. The summed E-state index contributed by atoms with van der Waals surface area (Å²) in [6.45, 7) is 0.300. The van der Waals surface area contributed by atoms with Gasteiger partial charge in [-0.3, -0.25) is 0 Å². The molecule has 0 amide bonds. The molecule has 0 fully saturated rings. The second-order valence-electron chi connectivity index (χ2n) is 15.3. The zero-order chi connectivity index (χ0) is 38.4. The predicted molar refractivity (Wildman–Crippen MR) is 250 cm³/mol. The predicted octanol–water partition coefficient (Wildman–Crippen LogP) is 8.91. The largest absolute Gasteiger partial charge is 0.309 e. The van der Waals surface area contributed by atoms with E-state index in [1.165, 1.54) is 76.4 Å². The van der Waals surface area contributed by atoms with E-state index in [0.29, 0.717) is 0 Å². The first-order chi connectivity index (χ1) is 28.8. The maximum Gasteiger partial charge on any atom is 0.241 e. The van der Waals surface area contributed by atoms with Crippen LogP contribution in [0.2, 0.25) is 0 Å². The number of rotatable bonds is 8. The van der Waals surface area contributed by atoms with Crippen molar-refractivity contribution >= 4 is 89.8 Å². The molecule has 2 heterocycles. The van der Waals surface area contributed by atoms with Gasteiger partial charge < -0.3 is 9.13 Å². The van der Waals surface area contributed by atoms with Gasteiger partial charge in [0.25, 0.3) is 0 Å². The number of para-hydroxylation sites is 2. The fourth-order valence-corrected chi connectivity index (χ4v) is 9.44. The van der Waals surface area contributed by atoms with E-state index >= 15 is 0 Å². The zero-order valence-corrected chi connectivity index (χ0v) is 32.0. The van der Waals surface area contributed by atoms with E-state index < -0.39 is 0 Å². The van der Waals surface area contributed by atoms with Crippen molar-refractivity contribution in [2.24, 2.45) is 0 Å². The van der Waals surface area contributed by atoms with Gasteiger partial charge in [-0.15, -0.1) is 0 Å². The lowest BCUT2D eigenvalue weighted by Crippen LogP contribution is -2.51. The molecule has 58 heavy (non-hydrogen) atoms. The van der Waals surface area contributed by atoms with Crippen LogP contribution in [0.25, 0.3) is 55.0 Å². The first kappa shape index (κ1) is 34.0. The Morgan fingerprint density at radius 1 is 0.224 bits per heavy atom. The van der Waals surface area contributed by atoms with E-state index in [4.69, 9.17) is 0 Å². The quantitative estimate of drug-likeness (QED) is 0.138. The normalized spacial score (nSPS) is 11.4. The van der Waals surface area contributed by atoms with Gasteiger partial charge >= 0.3 is 0 Å². The summed E-state index contributed by atoms with van der Waals surface area (Å²) in [6, 6.07) is 84.2. The molecule has 0 saturated heterocycles. The summed E-state index contributed by atoms with van der Waals surface area (Å²) in [5.41, 5.74) is 14.8. The third-order valence-electron chi connectivity index (χ3n) is 12.0. The molecule has 0 saturated carbocycles. The van der Waals surface area contributed by atoms with Crippen molar-refractivity contribution in [2.75, 3.05) is 0 Å². The van der Waals surface area contributed by atoms with Crippen molar-refractivity contribution in [2.45, 2.75) is 0 Å². The number of fused-ring (bicyclic) bond motifs is 7. The molecule has 0 bridgehead atoms. The van der Waals surface area contributed by atoms with Crippen LogP contribution in [0.15, 0.2) is 231 Å². The van der Waals surface area contributed by atoms with E-state index in [1.807, 2.05) is 0 Å². The summed E-state index contributed by atoms with van der Waals surface area (Å²) < 4.78 is 4.89. The second-order valence-corrected chi connectivity index (χ2v) is 15.3. The van der Waals surface area contributed by atoms with Crippen molar-refractivity contribution in [3.8, 4) is 11.4 Å². The molecule has 0 aliphatic rings. The number of hydrogen-bond donors (Lipinski definition) is 0. The monoisotopic (exact) mass is 736 g/mol. The molecule has 11 aromatic rings. The molecule has 2 aromatic heterocycles. The smallest absolute Gasteiger partial charge is 0.241 e.